The molecule has 5 heterocycles. The third-order valence-corrected chi connectivity index (χ3v) is 14.0. The van der Waals surface area contributed by atoms with E-state index < -0.39 is 11.9 Å². The van der Waals surface area contributed by atoms with Crippen molar-refractivity contribution in [1.29, 1.82) is 0 Å². The molecule has 1 unspecified atom stereocenters. The molecule has 0 N–H and O–H groups in total. The lowest BCUT2D eigenvalue weighted by Crippen LogP contribution is -2.78. The molecular formula is C56H53N3O+2. The fraction of sp³-hybridized carbons (Fsp3) is 0.250. The normalized spacial score (nSPS) is 17.2. The van der Waals surface area contributed by atoms with Gasteiger partial charge in [0.25, 0.3) is 0 Å². The monoisotopic (exact) mass is 788 g/mol. The maximum atomic E-state index is 8.98. The standard InChI is InChI=1S/C56H53N3O/c1-34-28-35(2)51-45(29-34)52-58(46-25-24-39(55(9,10)54(6,7)8)31-42(46)37-20-15-12-16-21-37)47-23-17-22-41-43-32-40(53(3,4)5)33-44-48-30-38(36-18-13-11-14-19-36)26-27-57(48)56(60-51,49(43)44)59(52)50(41)47/h11-33H,1-10H3/q+2/i11D,13D,14D,18D,19D. The predicted octanol–water partition coefficient (Wildman–Crippen LogP) is 13.0. The average Bonchev–Trinajstić information content (AvgIpc) is 3.76. The summed E-state index contributed by atoms with van der Waals surface area (Å²) in [5, 5.41) is 0. The van der Waals surface area contributed by atoms with Crippen molar-refractivity contribution in [1.82, 2.24) is 4.57 Å². The second kappa shape index (κ2) is 12.2. The number of fused-ring (bicyclic) bond motifs is 5. The number of hydrogen-bond donors (Lipinski definition) is 0. The van der Waals surface area contributed by atoms with Crippen LogP contribution in [-0.4, -0.2) is 4.57 Å². The Morgan fingerprint density at radius 2 is 1.37 bits per heavy atom. The lowest BCUT2D eigenvalue weighted by Gasteiger charge is -2.39. The minimum absolute atomic E-state index is 0.00607. The van der Waals surface area contributed by atoms with E-state index in [-0.39, 0.29) is 46.0 Å². The van der Waals surface area contributed by atoms with Gasteiger partial charge in [0.05, 0.1) is 12.4 Å². The van der Waals surface area contributed by atoms with Crippen molar-refractivity contribution in [3.8, 4) is 67.5 Å². The largest absolute Gasteiger partial charge is 0.499 e. The number of hydrogen-bond acceptors (Lipinski definition) is 1. The summed E-state index contributed by atoms with van der Waals surface area (Å²) < 4.78 is 58.3. The van der Waals surface area contributed by atoms with Crippen LogP contribution in [0.2, 0.25) is 0 Å². The van der Waals surface area contributed by atoms with Gasteiger partial charge in [-0.1, -0.05) is 134 Å². The number of nitrogens with zero attached hydrogens (tertiary/aromatic N) is 3. The van der Waals surface area contributed by atoms with Crippen molar-refractivity contribution in [3.63, 3.8) is 0 Å². The van der Waals surface area contributed by atoms with Crippen LogP contribution in [0.5, 0.6) is 5.75 Å². The Morgan fingerprint density at radius 3 is 2.10 bits per heavy atom. The Morgan fingerprint density at radius 1 is 0.633 bits per heavy atom. The van der Waals surface area contributed by atoms with Gasteiger partial charge in [0, 0.05) is 28.8 Å². The lowest BCUT2D eigenvalue weighted by atomic mass is 9.65. The second-order valence-electron chi connectivity index (χ2n) is 19.7. The molecule has 0 fully saturated rings. The van der Waals surface area contributed by atoms with Crippen LogP contribution < -0.4 is 13.9 Å². The quantitative estimate of drug-likeness (QED) is 0.163. The Hall–Kier alpha value is -6.26. The zero-order valence-electron chi connectivity index (χ0n) is 41.1. The first-order valence-corrected chi connectivity index (χ1v) is 21.1. The summed E-state index contributed by atoms with van der Waals surface area (Å²) in [6.07, 6.45) is 1.99. The summed E-state index contributed by atoms with van der Waals surface area (Å²) in [7, 11) is 0. The van der Waals surface area contributed by atoms with Gasteiger partial charge in [-0.3, -0.25) is 0 Å². The summed E-state index contributed by atoms with van der Waals surface area (Å²) >= 11 is 0. The fourth-order valence-corrected chi connectivity index (χ4v) is 9.91. The summed E-state index contributed by atoms with van der Waals surface area (Å²) in [6.45, 7) is 22.6. The zero-order chi connectivity index (χ0) is 46.0. The topological polar surface area (TPSA) is 21.9 Å². The van der Waals surface area contributed by atoms with Crippen LogP contribution in [0.3, 0.4) is 0 Å². The molecule has 8 aromatic rings. The first kappa shape index (κ1) is 31.6. The molecule has 1 spiro atoms. The van der Waals surface area contributed by atoms with E-state index in [1.165, 1.54) is 5.56 Å². The van der Waals surface area contributed by atoms with Gasteiger partial charge < -0.3 is 4.74 Å². The molecule has 4 nitrogen and oxygen atoms in total. The zero-order valence-corrected chi connectivity index (χ0v) is 36.1. The van der Waals surface area contributed by atoms with Crippen molar-refractivity contribution in [2.24, 2.45) is 5.41 Å². The molecule has 0 radical (unpaired) electrons. The maximum Gasteiger partial charge on any atom is 0.499 e. The Kier molecular flexibility index (Phi) is 6.41. The van der Waals surface area contributed by atoms with E-state index in [0.29, 0.717) is 5.56 Å². The van der Waals surface area contributed by atoms with Gasteiger partial charge in [0.15, 0.2) is 23.0 Å². The molecule has 0 saturated heterocycles. The highest BCUT2D eigenvalue weighted by Crippen LogP contribution is 2.55. The van der Waals surface area contributed by atoms with Crippen LogP contribution in [0.4, 0.5) is 0 Å². The molecule has 3 aliphatic rings. The molecule has 11 rings (SSSR count). The van der Waals surface area contributed by atoms with E-state index in [0.717, 1.165) is 89.6 Å². The number of benzene rings is 6. The fourth-order valence-electron chi connectivity index (χ4n) is 9.91. The lowest BCUT2D eigenvalue weighted by molar-refractivity contribution is -0.997. The van der Waals surface area contributed by atoms with E-state index in [1.54, 1.807) is 0 Å². The smallest absolute Gasteiger partial charge is 0.392 e. The van der Waals surface area contributed by atoms with Crippen LogP contribution in [-0.2, 0) is 16.7 Å². The van der Waals surface area contributed by atoms with Crippen molar-refractivity contribution < 1.29 is 20.7 Å². The summed E-state index contributed by atoms with van der Waals surface area (Å²) in [5.41, 5.74) is 16.3. The van der Waals surface area contributed by atoms with Crippen LogP contribution in [0.25, 0.3) is 72.7 Å². The van der Waals surface area contributed by atoms with Crippen molar-refractivity contribution in [3.05, 3.63) is 167 Å². The SMILES string of the molecule is [2H]c1c([2H])c([2H])c(-c2cc[n+]3c(c2)-c2cc(C(C)(C)C)cc4c2C32Oc3c(C)cc(C)cc3-c3n(-c5ccc(C(C)(C)C(C)(C)C)cc5-c5ccccc5)c5cccc-4c5[n+]32)c([2H])c1[2H]. The molecule has 1 atom stereocenters. The number of imidazole rings is 1. The van der Waals surface area contributed by atoms with Gasteiger partial charge in [0.2, 0.25) is 5.69 Å². The highest BCUT2D eigenvalue weighted by atomic mass is 16.5. The number of aryl methyl sites for hydroxylation is 2. The molecule has 0 aliphatic carbocycles. The van der Waals surface area contributed by atoms with Crippen LogP contribution >= 0.6 is 0 Å². The summed E-state index contributed by atoms with van der Waals surface area (Å²) in [5.74, 6) is 0.546. The number of ether oxygens (including phenoxy) is 1. The van der Waals surface area contributed by atoms with Gasteiger partial charge in [0.1, 0.15) is 16.8 Å². The first-order chi connectivity index (χ1) is 30.7. The van der Waals surface area contributed by atoms with Gasteiger partial charge in [-0.25, -0.2) is 0 Å². The van der Waals surface area contributed by atoms with Gasteiger partial charge in [-0.15, -0.1) is 9.13 Å². The third-order valence-electron chi connectivity index (χ3n) is 14.0. The molecule has 60 heavy (non-hydrogen) atoms. The average molecular weight is 789 g/mol. The minimum Gasteiger partial charge on any atom is -0.392 e. The van der Waals surface area contributed by atoms with E-state index >= 15 is 0 Å². The van der Waals surface area contributed by atoms with Crippen molar-refractivity contribution >= 4 is 11.0 Å². The highest BCUT2D eigenvalue weighted by molar-refractivity contribution is 5.98. The Labute approximate surface area is 361 Å². The third kappa shape index (κ3) is 4.85. The van der Waals surface area contributed by atoms with Gasteiger partial charge >= 0.3 is 11.7 Å². The number of pyridine rings is 1. The molecule has 4 heteroatoms. The second-order valence-corrected chi connectivity index (χ2v) is 19.7. The van der Waals surface area contributed by atoms with Crippen LogP contribution in [0.15, 0.2) is 140 Å². The molecule has 0 amide bonds. The van der Waals surface area contributed by atoms with Crippen LogP contribution in [0, 0.1) is 19.3 Å². The molecule has 0 bridgehead atoms. The van der Waals surface area contributed by atoms with E-state index in [9.17, 15) is 0 Å². The van der Waals surface area contributed by atoms with E-state index in [1.807, 2.05) is 18.3 Å². The minimum atomic E-state index is -1.24. The number of aromatic nitrogens is 3. The highest BCUT2D eigenvalue weighted by Gasteiger charge is 2.69. The Balaban J connectivity index is 1.32. The molecule has 2 aromatic heterocycles. The molecule has 0 saturated carbocycles. The summed E-state index contributed by atoms with van der Waals surface area (Å²) in [6, 6.07) is 35.8. The van der Waals surface area contributed by atoms with E-state index in [2.05, 4.69) is 174 Å². The predicted molar refractivity (Wildman–Crippen MR) is 245 cm³/mol. The van der Waals surface area contributed by atoms with E-state index in [4.69, 9.17) is 11.6 Å². The van der Waals surface area contributed by atoms with Crippen molar-refractivity contribution in [2.75, 3.05) is 0 Å². The van der Waals surface area contributed by atoms with Gasteiger partial charge in [-0.05, 0) is 112 Å². The van der Waals surface area contributed by atoms with Crippen LogP contribution in [0.1, 0.15) is 90.1 Å². The molecule has 3 aliphatic heterocycles. The maximum absolute atomic E-state index is 8.98. The molecule has 296 valence electrons. The number of para-hydroxylation sites is 1. The Bertz CT molecular complexity index is 3400. The molecule has 6 aromatic carbocycles. The molecular weight excluding hydrogens is 731 g/mol. The van der Waals surface area contributed by atoms with Gasteiger partial charge in [-0.2, -0.15) is 4.57 Å². The number of rotatable bonds is 4. The summed E-state index contributed by atoms with van der Waals surface area (Å²) in [4.78, 5) is 0. The van der Waals surface area contributed by atoms with Crippen molar-refractivity contribution in [2.45, 2.75) is 85.9 Å². The first-order valence-electron chi connectivity index (χ1n) is 23.6.